The molecule has 3 N–H and O–H groups in total. The summed E-state index contributed by atoms with van der Waals surface area (Å²) in [4.78, 5) is 24.3. The molecule has 0 aliphatic carbocycles. The highest BCUT2D eigenvalue weighted by molar-refractivity contribution is 7.90. The van der Waals surface area contributed by atoms with Crippen LogP contribution in [0.5, 0.6) is 0 Å². The summed E-state index contributed by atoms with van der Waals surface area (Å²) in [5, 5.41) is 5.28. The number of nitrogens with one attached hydrogen (secondary N) is 3. The largest absolute Gasteiger partial charge is 0.323 e. The van der Waals surface area contributed by atoms with Gasteiger partial charge in [-0.2, -0.15) is 0 Å². The maximum Gasteiger partial charge on any atom is 0.323 e. The molecular weight excluding hydrogens is 402 g/mol. The molecule has 0 saturated heterocycles. The number of benzene rings is 3. The maximum atomic E-state index is 12.5. The minimum absolute atomic E-state index is 0.0892. The second-order valence-electron chi connectivity index (χ2n) is 6.70. The number of aryl methyl sites for hydroxylation is 2. The number of anilines is 2. The molecule has 0 aliphatic rings. The standard InChI is InChI=1S/C22H21N3O4S/c1-15-8-9-17(14-16(15)2)21(26)25-30(28,29)20-12-10-19(11-13-20)24-22(27)23-18-6-4-3-5-7-18/h3-14H,1-2H3,(H,25,26)(H2,23,24,27). The van der Waals surface area contributed by atoms with Crippen molar-refractivity contribution >= 4 is 33.3 Å². The molecule has 0 unspecified atom stereocenters. The van der Waals surface area contributed by atoms with E-state index in [9.17, 15) is 18.0 Å². The molecule has 3 rings (SSSR count). The molecule has 0 aliphatic heterocycles. The average molecular weight is 423 g/mol. The molecular formula is C22H21N3O4S. The normalized spacial score (nSPS) is 10.9. The molecule has 0 bridgehead atoms. The van der Waals surface area contributed by atoms with Crippen LogP contribution in [0.1, 0.15) is 21.5 Å². The molecule has 0 fully saturated rings. The van der Waals surface area contributed by atoms with Crippen LogP contribution in [0.25, 0.3) is 0 Å². The van der Waals surface area contributed by atoms with Crippen molar-refractivity contribution in [1.82, 2.24) is 4.72 Å². The van der Waals surface area contributed by atoms with Gasteiger partial charge in [0.15, 0.2) is 0 Å². The molecule has 7 nitrogen and oxygen atoms in total. The van der Waals surface area contributed by atoms with Gasteiger partial charge in [-0.1, -0.05) is 24.3 Å². The first kappa shape index (κ1) is 21.1. The van der Waals surface area contributed by atoms with Crippen molar-refractivity contribution in [1.29, 1.82) is 0 Å². The predicted molar refractivity (Wildman–Crippen MR) is 116 cm³/mol. The highest BCUT2D eigenvalue weighted by Gasteiger charge is 2.19. The van der Waals surface area contributed by atoms with E-state index in [1.165, 1.54) is 24.3 Å². The van der Waals surface area contributed by atoms with E-state index in [0.29, 0.717) is 11.4 Å². The number of rotatable bonds is 5. The Bertz CT molecular complexity index is 1170. The van der Waals surface area contributed by atoms with Crippen LogP contribution in [0, 0.1) is 13.8 Å². The fourth-order valence-electron chi connectivity index (χ4n) is 2.65. The van der Waals surface area contributed by atoms with Gasteiger partial charge in [-0.15, -0.1) is 0 Å². The minimum Gasteiger partial charge on any atom is -0.308 e. The third-order valence-corrected chi connectivity index (χ3v) is 5.80. The Hall–Kier alpha value is -3.65. The second-order valence-corrected chi connectivity index (χ2v) is 8.39. The number of amides is 3. The van der Waals surface area contributed by atoms with E-state index in [1.807, 2.05) is 19.9 Å². The Labute approximate surface area is 175 Å². The molecule has 0 heterocycles. The van der Waals surface area contributed by atoms with Crippen molar-refractivity contribution in [3.05, 3.63) is 89.5 Å². The lowest BCUT2D eigenvalue weighted by Crippen LogP contribution is -2.30. The number of carbonyl (C=O) groups is 2. The fourth-order valence-corrected chi connectivity index (χ4v) is 3.63. The van der Waals surface area contributed by atoms with Crippen molar-refractivity contribution in [2.45, 2.75) is 18.7 Å². The third-order valence-electron chi connectivity index (χ3n) is 4.45. The molecule has 0 spiro atoms. The molecule has 30 heavy (non-hydrogen) atoms. The highest BCUT2D eigenvalue weighted by atomic mass is 32.2. The Morgan fingerprint density at radius 2 is 1.33 bits per heavy atom. The van der Waals surface area contributed by atoms with Crippen LogP contribution < -0.4 is 15.4 Å². The van der Waals surface area contributed by atoms with E-state index in [4.69, 9.17) is 0 Å². The minimum atomic E-state index is -4.05. The Balaban J connectivity index is 1.66. The summed E-state index contributed by atoms with van der Waals surface area (Å²) in [6, 6.07) is 18.9. The second kappa shape index (κ2) is 8.79. The van der Waals surface area contributed by atoms with Crippen molar-refractivity contribution in [3.63, 3.8) is 0 Å². The lowest BCUT2D eigenvalue weighted by molar-refractivity contribution is 0.0981. The quantitative estimate of drug-likeness (QED) is 0.575. The molecule has 0 radical (unpaired) electrons. The van der Waals surface area contributed by atoms with Crippen LogP contribution >= 0.6 is 0 Å². The zero-order valence-electron chi connectivity index (χ0n) is 16.5. The van der Waals surface area contributed by atoms with Crippen LogP contribution in [0.3, 0.4) is 0 Å². The number of hydrogen-bond donors (Lipinski definition) is 3. The van der Waals surface area contributed by atoms with Gasteiger partial charge in [0.05, 0.1) is 4.90 Å². The number of sulfonamides is 1. The predicted octanol–water partition coefficient (Wildman–Crippen LogP) is 4.07. The lowest BCUT2D eigenvalue weighted by atomic mass is 10.1. The fraction of sp³-hybridized carbons (Fsp3) is 0.0909. The van der Waals surface area contributed by atoms with Crippen LogP contribution in [0.15, 0.2) is 77.7 Å². The number of carbonyl (C=O) groups excluding carboxylic acids is 2. The topological polar surface area (TPSA) is 104 Å². The van der Waals surface area contributed by atoms with Crippen LogP contribution in [0.2, 0.25) is 0 Å². The van der Waals surface area contributed by atoms with Gasteiger partial charge in [0, 0.05) is 16.9 Å². The van der Waals surface area contributed by atoms with Crippen LogP contribution in [-0.2, 0) is 10.0 Å². The van der Waals surface area contributed by atoms with Gasteiger partial charge >= 0.3 is 6.03 Å². The van der Waals surface area contributed by atoms with Gasteiger partial charge in [0.25, 0.3) is 15.9 Å². The lowest BCUT2D eigenvalue weighted by Gasteiger charge is -2.10. The van der Waals surface area contributed by atoms with Gasteiger partial charge in [-0.25, -0.2) is 17.9 Å². The van der Waals surface area contributed by atoms with Gasteiger partial charge in [-0.05, 0) is 73.5 Å². The first-order valence-electron chi connectivity index (χ1n) is 9.12. The van der Waals surface area contributed by atoms with E-state index >= 15 is 0 Å². The van der Waals surface area contributed by atoms with E-state index in [0.717, 1.165) is 11.1 Å². The number of hydrogen-bond acceptors (Lipinski definition) is 4. The SMILES string of the molecule is Cc1ccc(C(=O)NS(=O)(=O)c2ccc(NC(=O)Nc3ccccc3)cc2)cc1C. The highest BCUT2D eigenvalue weighted by Crippen LogP contribution is 2.16. The Morgan fingerprint density at radius 3 is 1.93 bits per heavy atom. The zero-order valence-corrected chi connectivity index (χ0v) is 17.3. The Kier molecular flexibility index (Phi) is 6.17. The maximum absolute atomic E-state index is 12.5. The first-order valence-corrected chi connectivity index (χ1v) is 10.6. The summed E-state index contributed by atoms with van der Waals surface area (Å²) in [6.07, 6.45) is 0. The van der Waals surface area contributed by atoms with Crippen LogP contribution in [0.4, 0.5) is 16.2 Å². The van der Waals surface area contributed by atoms with Crippen molar-refractivity contribution in [2.24, 2.45) is 0 Å². The van der Waals surface area contributed by atoms with Gasteiger partial charge in [0.2, 0.25) is 0 Å². The van der Waals surface area contributed by atoms with Gasteiger partial charge in [0.1, 0.15) is 0 Å². The van der Waals surface area contributed by atoms with Crippen LogP contribution in [-0.4, -0.2) is 20.4 Å². The summed E-state index contributed by atoms with van der Waals surface area (Å²) in [5.74, 6) is -0.706. The first-order chi connectivity index (χ1) is 14.2. The van der Waals surface area contributed by atoms with E-state index in [2.05, 4.69) is 15.4 Å². The smallest absolute Gasteiger partial charge is 0.308 e. The van der Waals surface area contributed by atoms with Crippen molar-refractivity contribution in [3.8, 4) is 0 Å². The average Bonchev–Trinajstić information content (AvgIpc) is 2.70. The van der Waals surface area contributed by atoms with Crippen molar-refractivity contribution in [2.75, 3.05) is 10.6 Å². The molecule has 0 atom stereocenters. The molecule has 3 aromatic carbocycles. The summed E-state index contributed by atoms with van der Waals surface area (Å²) in [5.41, 5.74) is 3.20. The summed E-state index contributed by atoms with van der Waals surface area (Å²) < 4.78 is 27.1. The molecule has 3 amide bonds. The zero-order chi connectivity index (χ0) is 21.7. The third kappa shape index (κ3) is 5.24. The summed E-state index contributed by atoms with van der Waals surface area (Å²) in [6.45, 7) is 3.75. The van der Waals surface area contributed by atoms with E-state index in [1.54, 1.807) is 42.5 Å². The number of para-hydroxylation sites is 1. The molecule has 3 aromatic rings. The van der Waals surface area contributed by atoms with E-state index < -0.39 is 22.0 Å². The molecule has 0 saturated carbocycles. The number of urea groups is 1. The van der Waals surface area contributed by atoms with E-state index in [-0.39, 0.29) is 10.5 Å². The summed E-state index contributed by atoms with van der Waals surface area (Å²) in [7, 11) is -4.05. The molecule has 0 aromatic heterocycles. The molecule has 154 valence electrons. The Morgan fingerprint density at radius 1 is 0.733 bits per heavy atom. The molecule has 8 heteroatoms. The van der Waals surface area contributed by atoms with Gasteiger partial charge < -0.3 is 10.6 Å². The van der Waals surface area contributed by atoms with Crippen molar-refractivity contribution < 1.29 is 18.0 Å². The van der Waals surface area contributed by atoms with Gasteiger partial charge in [-0.3, -0.25) is 4.79 Å². The summed E-state index contributed by atoms with van der Waals surface area (Å²) >= 11 is 0. The monoisotopic (exact) mass is 423 g/mol.